The van der Waals surface area contributed by atoms with E-state index in [0.29, 0.717) is 22.2 Å². The topological polar surface area (TPSA) is 132 Å². The SMILES string of the molecule is COc1ccc(COC(=O)C2=C(CCl)CS[C@@H]3[C@H](NC(=O)[C@H](OC4CCCC4)c4nsc(NC(c5ccccc5)(c5ccccc5)c5ccccc5)n4)C(=O)N23)cc1. The molecule has 5 aromatic rings. The number of aromatic nitrogens is 2. The molecule has 8 rings (SSSR count). The first-order chi connectivity index (χ1) is 28.4. The number of nitrogens with zero attached hydrogens (tertiary/aromatic N) is 3. The molecule has 298 valence electrons. The fraction of sp³-hybridized carbons (Fsp3) is 0.295. The minimum atomic E-state index is -1.17. The zero-order chi connectivity index (χ0) is 40.1. The van der Waals surface area contributed by atoms with Crippen LogP contribution in [0.1, 0.15) is 59.9 Å². The lowest BCUT2D eigenvalue weighted by Gasteiger charge is -2.49. The maximum absolute atomic E-state index is 14.3. The fourth-order valence-electron chi connectivity index (χ4n) is 7.73. The summed E-state index contributed by atoms with van der Waals surface area (Å²) in [6.07, 6.45) is 2.26. The monoisotopic (exact) mass is 835 g/mol. The fourth-order valence-corrected chi connectivity index (χ4v) is 10.1. The largest absolute Gasteiger partial charge is 0.497 e. The number of hydrogen-bond acceptors (Lipinski definition) is 11. The van der Waals surface area contributed by atoms with E-state index in [1.807, 2.05) is 54.6 Å². The van der Waals surface area contributed by atoms with Gasteiger partial charge in [-0.3, -0.25) is 14.5 Å². The van der Waals surface area contributed by atoms with Crippen molar-refractivity contribution in [3.05, 3.63) is 155 Å². The van der Waals surface area contributed by atoms with E-state index in [4.69, 9.17) is 35.2 Å². The van der Waals surface area contributed by atoms with Crippen LogP contribution in [0.15, 0.2) is 127 Å². The van der Waals surface area contributed by atoms with Gasteiger partial charge in [0, 0.05) is 23.2 Å². The third kappa shape index (κ3) is 7.96. The van der Waals surface area contributed by atoms with Crippen LogP contribution in [0.2, 0.25) is 0 Å². The van der Waals surface area contributed by atoms with Gasteiger partial charge in [-0.05, 0) is 52.8 Å². The van der Waals surface area contributed by atoms with Gasteiger partial charge >= 0.3 is 5.97 Å². The second-order valence-corrected chi connectivity index (χ2v) is 16.4. The summed E-state index contributed by atoms with van der Waals surface area (Å²) in [6.45, 7) is 0.00271. The van der Waals surface area contributed by atoms with Crippen molar-refractivity contribution in [3.8, 4) is 5.75 Å². The molecule has 0 spiro atoms. The molecule has 1 saturated carbocycles. The second-order valence-electron chi connectivity index (χ2n) is 14.3. The van der Waals surface area contributed by atoms with Crippen LogP contribution in [0.5, 0.6) is 5.75 Å². The number of carbonyl (C=O) groups is 3. The van der Waals surface area contributed by atoms with Crippen molar-refractivity contribution in [2.75, 3.05) is 24.1 Å². The number of β-lactam (4-membered cyclic amide) rings is 1. The number of methoxy groups -OCH3 is 1. The molecule has 0 unspecified atom stereocenters. The molecule has 2 amide bonds. The number of benzene rings is 4. The van der Waals surface area contributed by atoms with Crippen LogP contribution in [0, 0.1) is 0 Å². The van der Waals surface area contributed by atoms with Gasteiger partial charge in [-0.1, -0.05) is 116 Å². The number of ether oxygens (including phenoxy) is 3. The molecule has 3 aliphatic rings. The standard InChI is InChI=1S/C44H42ClN5O6S2/c1-54-33-23-21-28(22-24-33)26-55-42(53)36-29(25-45)27-57-41-35(40(52)50(36)41)46-39(51)37(56-34-19-11-12-20-34)38-47-43(58-49-38)48-44(30-13-5-2-6-14-30,31-15-7-3-8-16-31)32-17-9-4-10-18-32/h2-10,13-18,21-24,34-35,37,41H,11-12,19-20,25-27H2,1H3,(H,46,51)(H,47,48,49)/t35-,37-,41-/m1/s1. The van der Waals surface area contributed by atoms with Gasteiger partial charge in [0.25, 0.3) is 11.8 Å². The molecule has 14 heteroatoms. The normalized spacial score (nSPS) is 18.6. The lowest BCUT2D eigenvalue weighted by molar-refractivity contribution is -0.155. The van der Waals surface area contributed by atoms with Crippen molar-refractivity contribution in [1.82, 2.24) is 19.6 Å². The Morgan fingerprint density at radius 1 is 0.897 bits per heavy atom. The summed E-state index contributed by atoms with van der Waals surface area (Å²) in [5, 5.41) is 6.63. The molecule has 0 bridgehead atoms. The molecular formula is C44H42ClN5O6S2. The van der Waals surface area contributed by atoms with Gasteiger partial charge in [-0.15, -0.1) is 23.4 Å². The van der Waals surface area contributed by atoms with Gasteiger partial charge in [0.05, 0.1) is 13.2 Å². The number of alkyl halides is 1. The lowest BCUT2D eigenvalue weighted by Crippen LogP contribution is -2.71. The van der Waals surface area contributed by atoms with E-state index >= 15 is 0 Å². The average Bonchev–Trinajstić information content (AvgIpc) is 3.98. The zero-order valence-electron chi connectivity index (χ0n) is 31.7. The van der Waals surface area contributed by atoms with Crippen LogP contribution in [-0.2, 0) is 36.0 Å². The number of nitrogens with one attached hydrogen (secondary N) is 2. The van der Waals surface area contributed by atoms with E-state index in [1.165, 1.54) is 16.7 Å². The molecule has 2 N–H and O–H groups in total. The molecule has 3 atom stereocenters. The average molecular weight is 836 g/mol. The van der Waals surface area contributed by atoms with Crippen molar-refractivity contribution in [3.63, 3.8) is 0 Å². The van der Waals surface area contributed by atoms with E-state index in [1.54, 1.807) is 31.4 Å². The molecule has 3 heterocycles. The summed E-state index contributed by atoms with van der Waals surface area (Å²) in [4.78, 5) is 47.9. The van der Waals surface area contributed by atoms with Gasteiger partial charge in [0.1, 0.15) is 35.0 Å². The smallest absolute Gasteiger partial charge is 0.355 e. The van der Waals surface area contributed by atoms with Gasteiger partial charge in [-0.2, -0.15) is 4.37 Å². The highest BCUT2D eigenvalue weighted by Crippen LogP contribution is 2.43. The summed E-state index contributed by atoms with van der Waals surface area (Å²) >= 11 is 8.85. The highest BCUT2D eigenvalue weighted by Gasteiger charge is 2.55. The van der Waals surface area contributed by atoms with Gasteiger partial charge in [0.15, 0.2) is 11.9 Å². The summed E-state index contributed by atoms with van der Waals surface area (Å²) < 4.78 is 22.0. The van der Waals surface area contributed by atoms with E-state index in [-0.39, 0.29) is 30.1 Å². The molecular weight excluding hydrogens is 794 g/mol. The van der Waals surface area contributed by atoms with E-state index in [9.17, 15) is 14.4 Å². The van der Waals surface area contributed by atoms with E-state index in [0.717, 1.165) is 59.5 Å². The molecule has 11 nitrogen and oxygen atoms in total. The van der Waals surface area contributed by atoms with Crippen LogP contribution in [0.25, 0.3) is 0 Å². The van der Waals surface area contributed by atoms with Crippen molar-refractivity contribution < 1.29 is 28.6 Å². The maximum atomic E-state index is 14.3. The molecule has 4 aromatic carbocycles. The van der Waals surface area contributed by atoms with Crippen LogP contribution < -0.4 is 15.4 Å². The Kier molecular flexibility index (Phi) is 12.1. The summed E-state index contributed by atoms with van der Waals surface area (Å²) in [7, 11) is 1.58. The summed E-state index contributed by atoms with van der Waals surface area (Å²) in [6, 6.07) is 36.7. The van der Waals surface area contributed by atoms with Crippen molar-refractivity contribution in [2.24, 2.45) is 0 Å². The first kappa shape index (κ1) is 39.6. The Hall–Kier alpha value is -5.21. The lowest BCUT2D eigenvalue weighted by atomic mass is 9.77. The molecule has 1 saturated heterocycles. The Morgan fingerprint density at radius 3 is 2.07 bits per heavy atom. The molecule has 1 aliphatic carbocycles. The Morgan fingerprint density at radius 2 is 1.50 bits per heavy atom. The first-order valence-electron chi connectivity index (χ1n) is 19.2. The van der Waals surface area contributed by atoms with Crippen molar-refractivity contribution in [1.29, 1.82) is 0 Å². The Bertz CT molecular complexity index is 2160. The number of fused-ring (bicyclic) bond motifs is 1. The Labute approximate surface area is 350 Å². The van der Waals surface area contributed by atoms with Gasteiger partial charge in [-0.25, -0.2) is 9.78 Å². The van der Waals surface area contributed by atoms with Gasteiger partial charge in [0.2, 0.25) is 5.13 Å². The highest BCUT2D eigenvalue weighted by molar-refractivity contribution is 8.00. The predicted octanol–water partition coefficient (Wildman–Crippen LogP) is 7.59. The number of anilines is 1. The third-order valence-corrected chi connectivity index (χ3v) is 13.0. The molecule has 58 heavy (non-hydrogen) atoms. The Balaban J connectivity index is 1.04. The molecule has 1 aromatic heterocycles. The number of thioether (sulfide) groups is 1. The second kappa shape index (κ2) is 17.7. The molecule has 0 radical (unpaired) electrons. The van der Waals surface area contributed by atoms with E-state index < -0.39 is 40.8 Å². The first-order valence-corrected chi connectivity index (χ1v) is 21.5. The zero-order valence-corrected chi connectivity index (χ0v) is 34.1. The van der Waals surface area contributed by atoms with E-state index in [2.05, 4.69) is 47.0 Å². The number of amides is 2. The van der Waals surface area contributed by atoms with Crippen LogP contribution in [0.3, 0.4) is 0 Å². The highest BCUT2D eigenvalue weighted by atomic mass is 35.5. The number of esters is 1. The van der Waals surface area contributed by atoms with Gasteiger partial charge < -0.3 is 24.8 Å². The number of hydrogen-bond donors (Lipinski definition) is 2. The van der Waals surface area contributed by atoms with Crippen molar-refractivity contribution in [2.45, 2.75) is 61.5 Å². The van der Waals surface area contributed by atoms with Crippen LogP contribution in [0.4, 0.5) is 5.13 Å². The van der Waals surface area contributed by atoms with Crippen molar-refractivity contribution >= 4 is 57.8 Å². The number of rotatable bonds is 15. The predicted molar refractivity (Wildman–Crippen MR) is 224 cm³/mol. The van der Waals surface area contributed by atoms with Crippen LogP contribution >= 0.6 is 34.9 Å². The minimum Gasteiger partial charge on any atom is -0.497 e. The van der Waals surface area contributed by atoms with Crippen LogP contribution in [-0.4, -0.2) is 68.3 Å². The maximum Gasteiger partial charge on any atom is 0.355 e. The minimum absolute atomic E-state index is 0.00271. The third-order valence-electron chi connectivity index (χ3n) is 10.7. The summed E-state index contributed by atoms with van der Waals surface area (Å²) in [5.74, 6) is -0.274. The number of carbonyl (C=O) groups excluding carboxylic acids is 3. The molecule has 2 fully saturated rings. The summed E-state index contributed by atoms with van der Waals surface area (Å²) in [5.41, 5.74) is 3.60. The number of halogens is 1. The quantitative estimate of drug-likeness (QED) is 0.0471. The molecule has 2 aliphatic heterocycles.